The first-order valence-electron chi connectivity index (χ1n) is 6.01. The lowest BCUT2D eigenvalue weighted by atomic mass is 9.95. The zero-order valence-corrected chi connectivity index (χ0v) is 10.3. The number of hydrogen-bond donors (Lipinski definition) is 0. The smallest absolute Gasteiger partial charge is 0.188 e. The molecule has 0 saturated heterocycles. The van der Waals surface area contributed by atoms with E-state index in [1.54, 1.807) is 24.3 Å². The maximum absolute atomic E-state index is 12.2. The average molecular weight is 248 g/mol. The fourth-order valence-corrected chi connectivity index (χ4v) is 2.16. The molecule has 1 fully saturated rings. The van der Waals surface area contributed by atoms with Gasteiger partial charge in [0.2, 0.25) is 0 Å². The number of carbonyl (C=O) groups excluding carboxylic acids is 2. The van der Waals surface area contributed by atoms with Crippen LogP contribution in [0.25, 0.3) is 0 Å². The molecule has 1 unspecified atom stereocenters. The number of Topliss-reactive ketones (excluding diaryl/α,β-unsaturated/α-hetero) is 2. The van der Waals surface area contributed by atoms with Crippen molar-refractivity contribution in [1.29, 1.82) is 0 Å². The molecule has 0 heterocycles. The molecule has 0 amide bonds. The van der Waals surface area contributed by atoms with Gasteiger partial charge in [0.1, 0.15) is 11.5 Å². The molecule has 0 spiro atoms. The summed E-state index contributed by atoms with van der Waals surface area (Å²) < 4.78 is 10.1. The van der Waals surface area contributed by atoms with E-state index in [0.29, 0.717) is 24.2 Å². The van der Waals surface area contributed by atoms with Crippen LogP contribution in [0.3, 0.4) is 0 Å². The summed E-state index contributed by atoms with van der Waals surface area (Å²) in [7, 11) is 1.53. The van der Waals surface area contributed by atoms with Crippen LogP contribution in [0.15, 0.2) is 24.3 Å². The zero-order valence-electron chi connectivity index (χ0n) is 10.3. The summed E-state index contributed by atoms with van der Waals surface area (Å²) in [6, 6.07) is 6.88. The highest BCUT2D eigenvalue weighted by atomic mass is 16.7. The van der Waals surface area contributed by atoms with Crippen molar-refractivity contribution in [1.82, 2.24) is 0 Å². The van der Waals surface area contributed by atoms with E-state index in [9.17, 15) is 9.59 Å². The van der Waals surface area contributed by atoms with Gasteiger partial charge in [-0.25, -0.2) is 0 Å². The van der Waals surface area contributed by atoms with Crippen LogP contribution in [-0.2, 0) is 9.53 Å². The summed E-state index contributed by atoms with van der Waals surface area (Å²) >= 11 is 0. The Labute approximate surface area is 106 Å². The molecule has 4 nitrogen and oxygen atoms in total. The molecule has 0 radical (unpaired) electrons. The molecule has 4 heteroatoms. The number of ketones is 2. The highest BCUT2D eigenvalue weighted by Crippen LogP contribution is 2.26. The van der Waals surface area contributed by atoms with Crippen molar-refractivity contribution in [3.05, 3.63) is 29.8 Å². The largest absolute Gasteiger partial charge is 0.468 e. The van der Waals surface area contributed by atoms with E-state index in [0.717, 1.165) is 6.42 Å². The second-order valence-corrected chi connectivity index (χ2v) is 4.35. The molecule has 1 saturated carbocycles. The van der Waals surface area contributed by atoms with Crippen LogP contribution in [0.5, 0.6) is 5.75 Å². The number of rotatable bonds is 5. The summed E-state index contributed by atoms with van der Waals surface area (Å²) in [5, 5.41) is 0. The molecule has 0 aromatic heterocycles. The van der Waals surface area contributed by atoms with Crippen LogP contribution in [0.2, 0.25) is 0 Å². The van der Waals surface area contributed by atoms with E-state index < -0.39 is 5.92 Å². The molecule has 1 aliphatic rings. The van der Waals surface area contributed by atoms with Gasteiger partial charge in [0, 0.05) is 19.1 Å². The van der Waals surface area contributed by atoms with Crippen molar-refractivity contribution in [2.45, 2.75) is 19.3 Å². The fourth-order valence-electron chi connectivity index (χ4n) is 2.16. The predicted octanol–water partition coefficient (Wildman–Crippen LogP) is 2.22. The average Bonchev–Trinajstić information content (AvgIpc) is 2.82. The predicted molar refractivity (Wildman–Crippen MR) is 65.6 cm³/mol. The van der Waals surface area contributed by atoms with Gasteiger partial charge in [0.15, 0.2) is 12.6 Å². The standard InChI is InChI=1S/C14H16O4/c1-17-9-18-11-5-2-4-10(8-11)14(16)12-6-3-7-13(12)15/h2,4-5,8,12H,3,6-7,9H2,1H3. The van der Waals surface area contributed by atoms with Gasteiger partial charge >= 0.3 is 0 Å². The Kier molecular flexibility index (Phi) is 4.10. The minimum absolute atomic E-state index is 0.0585. The van der Waals surface area contributed by atoms with Crippen LogP contribution in [0.1, 0.15) is 29.6 Å². The molecule has 0 bridgehead atoms. The minimum atomic E-state index is -0.456. The summed E-state index contributed by atoms with van der Waals surface area (Å²) in [6.07, 6.45) is 2.01. The monoisotopic (exact) mass is 248 g/mol. The molecular weight excluding hydrogens is 232 g/mol. The van der Waals surface area contributed by atoms with Gasteiger partial charge in [-0.3, -0.25) is 9.59 Å². The SMILES string of the molecule is COCOc1cccc(C(=O)C2CCCC2=O)c1. The molecule has 1 aliphatic carbocycles. The Balaban J connectivity index is 2.12. The van der Waals surface area contributed by atoms with Crippen molar-refractivity contribution >= 4 is 11.6 Å². The van der Waals surface area contributed by atoms with Crippen molar-refractivity contribution in [3.8, 4) is 5.75 Å². The molecule has 0 aliphatic heterocycles. The van der Waals surface area contributed by atoms with Crippen LogP contribution in [0.4, 0.5) is 0 Å². The van der Waals surface area contributed by atoms with Crippen molar-refractivity contribution < 1.29 is 19.1 Å². The number of benzene rings is 1. The van der Waals surface area contributed by atoms with Crippen LogP contribution in [-0.4, -0.2) is 25.5 Å². The van der Waals surface area contributed by atoms with Crippen molar-refractivity contribution in [2.75, 3.05) is 13.9 Å². The fraction of sp³-hybridized carbons (Fsp3) is 0.429. The summed E-state index contributed by atoms with van der Waals surface area (Å²) in [6.45, 7) is 0.139. The molecule has 1 aromatic rings. The van der Waals surface area contributed by atoms with Gasteiger partial charge in [0.05, 0.1) is 5.92 Å². The third-order valence-electron chi connectivity index (χ3n) is 3.08. The Hall–Kier alpha value is -1.68. The summed E-state index contributed by atoms with van der Waals surface area (Å²) in [5.41, 5.74) is 0.531. The summed E-state index contributed by atoms with van der Waals surface area (Å²) in [5.74, 6) is 0.0828. The van der Waals surface area contributed by atoms with Gasteiger partial charge in [-0.05, 0) is 25.0 Å². The number of ether oxygens (including phenoxy) is 2. The lowest BCUT2D eigenvalue weighted by Gasteiger charge is -2.09. The lowest BCUT2D eigenvalue weighted by molar-refractivity contribution is -0.119. The number of hydrogen-bond acceptors (Lipinski definition) is 4. The van der Waals surface area contributed by atoms with Gasteiger partial charge in [0.25, 0.3) is 0 Å². The van der Waals surface area contributed by atoms with E-state index in [4.69, 9.17) is 9.47 Å². The Bertz CT molecular complexity index is 453. The second-order valence-electron chi connectivity index (χ2n) is 4.35. The quantitative estimate of drug-likeness (QED) is 0.455. The molecular formula is C14H16O4. The van der Waals surface area contributed by atoms with E-state index in [2.05, 4.69) is 0 Å². The van der Waals surface area contributed by atoms with Gasteiger partial charge in [-0.1, -0.05) is 12.1 Å². The molecule has 18 heavy (non-hydrogen) atoms. The maximum atomic E-state index is 12.2. The molecule has 0 N–H and O–H groups in total. The topological polar surface area (TPSA) is 52.6 Å². The molecule has 1 aromatic carbocycles. The van der Waals surface area contributed by atoms with Gasteiger partial charge in [-0.2, -0.15) is 0 Å². The second kappa shape index (κ2) is 5.78. The number of carbonyl (C=O) groups is 2. The third kappa shape index (κ3) is 2.76. The highest BCUT2D eigenvalue weighted by molar-refractivity contribution is 6.11. The first kappa shape index (κ1) is 12.8. The lowest BCUT2D eigenvalue weighted by Crippen LogP contribution is -2.18. The maximum Gasteiger partial charge on any atom is 0.188 e. The van der Waals surface area contributed by atoms with Crippen LogP contribution in [0, 0.1) is 5.92 Å². The van der Waals surface area contributed by atoms with Gasteiger partial charge in [-0.15, -0.1) is 0 Å². The first-order valence-corrected chi connectivity index (χ1v) is 6.01. The first-order chi connectivity index (χ1) is 8.72. The van der Waals surface area contributed by atoms with E-state index >= 15 is 0 Å². The molecule has 2 rings (SSSR count). The molecule has 96 valence electrons. The Morgan fingerprint density at radius 3 is 2.94 bits per heavy atom. The Morgan fingerprint density at radius 1 is 1.44 bits per heavy atom. The molecule has 1 atom stereocenters. The van der Waals surface area contributed by atoms with Crippen LogP contribution >= 0.6 is 0 Å². The van der Waals surface area contributed by atoms with E-state index in [1.807, 2.05) is 0 Å². The van der Waals surface area contributed by atoms with Crippen molar-refractivity contribution in [2.24, 2.45) is 5.92 Å². The normalized spacial score (nSPS) is 18.9. The zero-order chi connectivity index (χ0) is 13.0. The minimum Gasteiger partial charge on any atom is -0.468 e. The summed E-state index contributed by atoms with van der Waals surface area (Å²) in [4.78, 5) is 23.7. The highest BCUT2D eigenvalue weighted by Gasteiger charge is 2.31. The van der Waals surface area contributed by atoms with Crippen LogP contribution < -0.4 is 4.74 Å². The Morgan fingerprint density at radius 2 is 2.28 bits per heavy atom. The number of methoxy groups -OCH3 is 1. The van der Waals surface area contributed by atoms with Crippen molar-refractivity contribution in [3.63, 3.8) is 0 Å². The third-order valence-corrected chi connectivity index (χ3v) is 3.08. The van der Waals surface area contributed by atoms with Gasteiger partial charge < -0.3 is 9.47 Å². The van der Waals surface area contributed by atoms with E-state index in [-0.39, 0.29) is 18.4 Å². The van der Waals surface area contributed by atoms with E-state index in [1.165, 1.54) is 7.11 Å².